The van der Waals surface area contributed by atoms with Crippen molar-refractivity contribution in [3.05, 3.63) is 33.9 Å². The Balaban J connectivity index is 2.35. The third kappa shape index (κ3) is 4.71. The van der Waals surface area contributed by atoms with E-state index in [1.54, 1.807) is 11.0 Å². The molecule has 6 nitrogen and oxygen atoms in total. The second-order valence-corrected chi connectivity index (χ2v) is 6.87. The van der Waals surface area contributed by atoms with Crippen LogP contribution < -0.4 is 4.90 Å². The summed E-state index contributed by atoms with van der Waals surface area (Å²) < 4.78 is 0. The van der Waals surface area contributed by atoms with Crippen LogP contribution in [0.3, 0.4) is 0 Å². The molecule has 6 heteroatoms. The summed E-state index contributed by atoms with van der Waals surface area (Å²) in [5.74, 6) is 0.582. The highest BCUT2D eigenvalue weighted by atomic mass is 16.6. The van der Waals surface area contributed by atoms with E-state index in [1.807, 2.05) is 6.92 Å². The van der Waals surface area contributed by atoms with Gasteiger partial charge in [0.2, 0.25) is 0 Å². The number of non-ortho nitro benzene ring substituents is 1. The molecule has 0 spiro atoms. The number of unbranched alkanes of at least 4 members (excludes halogenated alkanes) is 1. The molecule has 0 aliphatic carbocycles. The highest BCUT2D eigenvalue weighted by Gasteiger charge is 2.25. The average Bonchev–Trinajstić information content (AvgIpc) is 2.62. The van der Waals surface area contributed by atoms with Crippen molar-refractivity contribution < 1.29 is 9.72 Å². The smallest absolute Gasteiger partial charge is 0.270 e. The Kier molecular flexibility index (Phi) is 6.79. The fourth-order valence-corrected chi connectivity index (χ4v) is 3.26. The molecule has 1 aliphatic heterocycles. The zero-order valence-electron chi connectivity index (χ0n) is 15.5. The van der Waals surface area contributed by atoms with Gasteiger partial charge >= 0.3 is 0 Å². The van der Waals surface area contributed by atoms with Crippen LogP contribution in [-0.2, 0) is 0 Å². The molecule has 1 aromatic carbocycles. The number of amides is 1. The van der Waals surface area contributed by atoms with E-state index in [0.29, 0.717) is 24.6 Å². The van der Waals surface area contributed by atoms with Crippen LogP contribution in [0.5, 0.6) is 0 Å². The van der Waals surface area contributed by atoms with E-state index >= 15 is 0 Å². The predicted molar refractivity (Wildman–Crippen MR) is 100 cm³/mol. The normalized spacial score (nSPS) is 15.2. The van der Waals surface area contributed by atoms with Gasteiger partial charge in [-0.15, -0.1) is 0 Å². The summed E-state index contributed by atoms with van der Waals surface area (Å²) in [4.78, 5) is 27.8. The molecular weight excluding hydrogens is 318 g/mol. The molecule has 0 atom stereocenters. The zero-order chi connectivity index (χ0) is 18.4. The topological polar surface area (TPSA) is 66.7 Å². The quantitative estimate of drug-likeness (QED) is 0.550. The van der Waals surface area contributed by atoms with Crippen molar-refractivity contribution >= 4 is 17.3 Å². The van der Waals surface area contributed by atoms with Gasteiger partial charge < -0.3 is 9.80 Å². The van der Waals surface area contributed by atoms with Crippen molar-refractivity contribution in [1.29, 1.82) is 0 Å². The first-order valence-corrected chi connectivity index (χ1v) is 9.30. The summed E-state index contributed by atoms with van der Waals surface area (Å²) in [5.41, 5.74) is 1.27. The maximum Gasteiger partial charge on any atom is 0.270 e. The standard InChI is InChI=1S/C19H29N3O3/c1-4-6-11-20(5-2)19(23)17-14-16(22(24)25)7-8-18(17)21-12-9-15(3)10-13-21/h7-8,14-15H,4-6,9-13H2,1-3H3. The van der Waals surface area contributed by atoms with Gasteiger partial charge in [-0.1, -0.05) is 20.3 Å². The van der Waals surface area contributed by atoms with Gasteiger partial charge in [0.1, 0.15) is 0 Å². The van der Waals surface area contributed by atoms with Gasteiger partial charge in [0, 0.05) is 38.3 Å². The number of anilines is 1. The van der Waals surface area contributed by atoms with Crippen molar-refractivity contribution in [3.8, 4) is 0 Å². The first-order valence-electron chi connectivity index (χ1n) is 9.30. The van der Waals surface area contributed by atoms with E-state index in [9.17, 15) is 14.9 Å². The molecule has 1 aromatic rings. The molecule has 1 saturated heterocycles. The molecule has 0 bridgehead atoms. The van der Waals surface area contributed by atoms with Crippen LogP contribution in [0.2, 0.25) is 0 Å². The summed E-state index contributed by atoms with van der Waals surface area (Å²) in [7, 11) is 0. The average molecular weight is 347 g/mol. The van der Waals surface area contributed by atoms with Crippen LogP contribution in [0.1, 0.15) is 56.8 Å². The molecule has 0 aromatic heterocycles. The van der Waals surface area contributed by atoms with Gasteiger partial charge in [-0.2, -0.15) is 0 Å². The Bertz CT molecular complexity index is 610. The summed E-state index contributed by atoms with van der Waals surface area (Å²) >= 11 is 0. The van der Waals surface area contributed by atoms with Crippen LogP contribution in [0.15, 0.2) is 18.2 Å². The molecule has 1 amide bonds. The van der Waals surface area contributed by atoms with Crippen molar-refractivity contribution in [2.24, 2.45) is 5.92 Å². The lowest BCUT2D eigenvalue weighted by Crippen LogP contribution is -2.36. The number of nitro groups is 1. The Morgan fingerprint density at radius 3 is 2.56 bits per heavy atom. The van der Waals surface area contributed by atoms with E-state index in [2.05, 4.69) is 18.7 Å². The maximum absolute atomic E-state index is 13.1. The molecule has 25 heavy (non-hydrogen) atoms. The number of hydrogen-bond acceptors (Lipinski definition) is 4. The van der Waals surface area contributed by atoms with Crippen LogP contribution in [-0.4, -0.2) is 41.9 Å². The van der Waals surface area contributed by atoms with E-state index in [0.717, 1.165) is 44.5 Å². The van der Waals surface area contributed by atoms with Crippen LogP contribution >= 0.6 is 0 Å². The fourth-order valence-electron chi connectivity index (χ4n) is 3.26. The second-order valence-electron chi connectivity index (χ2n) is 6.87. The number of nitro benzene ring substituents is 1. The Morgan fingerprint density at radius 2 is 2.00 bits per heavy atom. The Labute approximate surface area is 150 Å². The number of nitrogens with zero attached hydrogens (tertiary/aromatic N) is 3. The highest BCUT2D eigenvalue weighted by molar-refractivity contribution is 6.00. The van der Waals surface area contributed by atoms with Gasteiger partial charge in [-0.05, 0) is 38.2 Å². The van der Waals surface area contributed by atoms with Gasteiger partial charge in [0.15, 0.2) is 0 Å². The van der Waals surface area contributed by atoms with Gasteiger partial charge in [0.25, 0.3) is 11.6 Å². The predicted octanol–water partition coefficient (Wildman–Crippen LogP) is 4.09. The van der Waals surface area contributed by atoms with Crippen LogP contribution in [0, 0.1) is 16.0 Å². The Hall–Kier alpha value is -2.11. The van der Waals surface area contributed by atoms with E-state index < -0.39 is 4.92 Å². The highest BCUT2D eigenvalue weighted by Crippen LogP contribution is 2.30. The summed E-state index contributed by atoms with van der Waals surface area (Å²) in [5, 5.41) is 11.2. The minimum absolute atomic E-state index is 0.0241. The molecule has 138 valence electrons. The van der Waals surface area contributed by atoms with Crippen molar-refractivity contribution in [1.82, 2.24) is 4.90 Å². The van der Waals surface area contributed by atoms with Crippen LogP contribution in [0.25, 0.3) is 0 Å². The molecule has 2 rings (SSSR count). The number of benzene rings is 1. The minimum Gasteiger partial charge on any atom is -0.371 e. The molecule has 0 N–H and O–H groups in total. The second kappa shape index (κ2) is 8.83. The third-order valence-electron chi connectivity index (χ3n) is 5.00. The molecule has 0 unspecified atom stereocenters. The monoisotopic (exact) mass is 347 g/mol. The minimum atomic E-state index is -0.429. The molecule has 0 saturated carbocycles. The largest absolute Gasteiger partial charge is 0.371 e. The number of piperidine rings is 1. The third-order valence-corrected chi connectivity index (χ3v) is 5.00. The number of carbonyl (C=O) groups excluding carboxylic acids is 1. The van der Waals surface area contributed by atoms with Crippen molar-refractivity contribution in [2.75, 3.05) is 31.1 Å². The van der Waals surface area contributed by atoms with Gasteiger partial charge in [-0.25, -0.2) is 0 Å². The van der Waals surface area contributed by atoms with E-state index in [4.69, 9.17) is 0 Å². The van der Waals surface area contributed by atoms with Gasteiger partial charge in [-0.3, -0.25) is 14.9 Å². The van der Waals surface area contributed by atoms with E-state index in [1.165, 1.54) is 12.1 Å². The SMILES string of the molecule is CCCCN(CC)C(=O)c1cc([N+](=O)[O-])ccc1N1CCC(C)CC1. The lowest BCUT2D eigenvalue weighted by Gasteiger charge is -2.34. The first kappa shape index (κ1) is 19.2. The summed E-state index contributed by atoms with van der Waals surface area (Å²) in [6, 6.07) is 4.70. The summed E-state index contributed by atoms with van der Waals surface area (Å²) in [6.45, 7) is 9.35. The molecule has 0 radical (unpaired) electrons. The zero-order valence-corrected chi connectivity index (χ0v) is 15.5. The van der Waals surface area contributed by atoms with Gasteiger partial charge in [0.05, 0.1) is 16.2 Å². The van der Waals surface area contributed by atoms with Crippen molar-refractivity contribution in [2.45, 2.75) is 46.5 Å². The number of carbonyl (C=O) groups is 1. The lowest BCUT2D eigenvalue weighted by atomic mass is 9.97. The molecule has 1 aliphatic rings. The molecule has 1 heterocycles. The molecular formula is C19H29N3O3. The number of hydrogen-bond donors (Lipinski definition) is 0. The lowest BCUT2D eigenvalue weighted by molar-refractivity contribution is -0.384. The van der Waals surface area contributed by atoms with Crippen LogP contribution in [0.4, 0.5) is 11.4 Å². The molecule has 1 fully saturated rings. The van der Waals surface area contributed by atoms with E-state index in [-0.39, 0.29) is 11.6 Å². The summed E-state index contributed by atoms with van der Waals surface area (Å²) in [6.07, 6.45) is 4.11. The maximum atomic E-state index is 13.1. The first-order chi connectivity index (χ1) is 12.0. The fraction of sp³-hybridized carbons (Fsp3) is 0.632. The van der Waals surface area contributed by atoms with Crippen molar-refractivity contribution in [3.63, 3.8) is 0 Å². The number of rotatable bonds is 7. The Morgan fingerprint density at radius 1 is 1.32 bits per heavy atom.